The first-order chi connectivity index (χ1) is 11.2. The Balaban J connectivity index is 1.87. The van der Waals surface area contributed by atoms with E-state index in [4.69, 9.17) is 0 Å². The molecule has 0 N–H and O–H groups in total. The SMILES string of the molecule is CCCCCC(=O)CCc1ccc(C(=O)c2ccccc2)cc1. The van der Waals surface area contributed by atoms with Gasteiger partial charge in [0.25, 0.3) is 0 Å². The van der Waals surface area contributed by atoms with Gasteiger partial charge in [0.2, 0.25) is 0 Å². The minimum atomic E-state index is 0.0350. The molecular formula is C21H24O2. The van der Waals surface area contributed by atoms with Crippen LogP contribution in [0.4, 0.5) is 0 Å². The zero-order chi connectivity index (χ0) is 16.5. The Morgan fingerprint density at radius 3 is 2.09 bits per heavy atom. The molecule has 0 aliphatic heterocycles. The van der Waals surface area contributed by atoms with E-state index in [9.17, 15) is 9.59 Å². The molecule has 2 rings (SSSR count). The Morgan fingerprint density at radius 1 is 0.783 bits per heavy atom. The monoisotopic (exact) mass is 308 g/mol. The molecule has 23 heavy (non-hydrogen) atoms. The highest BCUT2D eigenvalue weighted by molar-refractivity contribution is 6.08. The van der Waals surface area contributed by atoms with Crippen molar-refractivity contribution in [2.45, 2.75) is 45.4 Å². The largest absolute Gasteiger partial charge is 0.300 e. The summed E-state index contributed by atoms with van der Waals surface area (Å²) in [4.78, 5) is 24.1. The van der Waals surface area contributed by atoms with Crippen LogP contribution in [-0.4, -0.2) is 11.6 Å². The van der Waals surface area contributed by atoms with Gasteiger partial charge < -0.3 is 0 Å². The van der Waals surface area contributed by atoms with Gasteiger partial charge in [-0.2, -0.15) is 0 Å². The topological polar surface area (TPSA) is 34.1 Å². The Morgan fingerprint density at radius 2 is 1.43 bits per heavy atom. The lowest BCUT2D eigenvalue weighted by Crippen LogP contribution is -2.02. The molecule has 2 aromatic carbocycles. The summed E-state index contributed by atoms with van der Waals surface area (Å²) in [6, 6.07) is 16.9. The minimum Gasteiger partial charge on any atom is -0.300 e. The Bertz CT molecular complexity index is 627. The molecule has 0 amide bonds. The summed E-state index contributed by atoms with van der Waals surface area (Å²) in [5.74, 6) is 0.371. The average molecular weight is 308 g/mol. The van der Waals surface area contributed by atoms with E-state index in [1.165, 1.54) is 0 Å². The van der Waals surface area contributed by atoms with Gasteiger partial charge >= 0.3 is 0 Å². The second kappa shape index (κ2) is 9.04. The molecule has 120 valence electrons. The number of carbonyl (C=O) groups excluding carboxylic acids is 2. The van der Waals surface area contributed by atoms with Crippen molar-refractivity contribution < 1.29 is 9.59 Å². The van der Waals surface area contributed by atoms with Crippen molar-refractivity contribution in [2.75, 3.05) is 0 Å². The average Bonchev–Trinajstić information content (AvgIpc) is 2.61. The van der Waals surface area contributed by atoms with Gasteiger partial charge in [0, 0.05) is 24.0 Å². The van der Waals surface area contributed by atoms with Crippen molar-refractivity contribution in [3.8, 4) is 0 Å². The van der Waals surface area contributed by atoms with Crippen LogP contribution in [0.15, 0.2) is 54.6 Å². The number of rotatable bonds is 9. The number of hydrogen-bond acceptors (Lipinski definition) is 2. The molecule has 0 spiro atoms. The van der Waals surface area contributed by atoms with Crippen LogP contribution in [0.1, 0.15) is 60.5 Å². The molecule has 0 aromatic heterocycles. The lowest BCUT2D eigenvalue weighted by molar-refractivity contribution is -0.119. The van der Waals surface area contributed by atoms with Crippen LogP contribution in [0, 0.1) is 0 Å². The molecule has 0 aliphatic rings. The maximum absolute atomic E-state index is 12.3. The third-order valence-corrected chi connectivity index (χ3v) is 4.00. The standard InChI is InChI=1S/C21H24O2/c1-2-3-5-10-20(22)16-13-17-11-14-19(15-12-17)21(23)18-8-6-4-7-9-18/h4,6-9,11-12,14-15H,2-3,5,10,13,16H2,1H3. The maximum atomic E-state index is 12.3. The number of ketones is 2. The van der Waals surface area contributed by atoms with E-state index >= 15 is 0 Å². The maximum Gasteiger partial charge on any atom is 0.193 e. The van der Waals surface area contributed by atoms with E-state index in [1.807, 2.05) is 54.6 Å². The van der Waals surface area contributed by atoms with Crippen molar-refractivity contribution in [1.82, 2.24) is 0 Å². The van der Waals surface area contributed by atoms with Crippen LogP contribution in [0.2, 0.25) is 0 Å². The molecule has 2 heteroatoms. The van der Waals surface area contributed by atoms with Gasteiger partial charge in [-0.25, -0.2) is 0 Å². The molecule has 0 unspecified atom stereocenters. The smallest absolute Gasteiger partial charge is 0.193 e. The fourth-order valence-corrected chi connectivity index (χ4v) is 2.56. The minimum absolute atomic E-state index is 0.0350. The van der Waals surface area contributed by atoms with Gasteiger partial charge in [0.1, 0.15) is 5.78 Å². The van der Waals surface area contributed by atoms with Crippen LogP contribution >= 0.6 is 0 Å². The van der Waals surface area contributed by atoms with Gasteiger partial charge in [-0.05, 0) is 18.4 Å². The molecule has 0 atom stereocenters. The van der Waals surface area contributed by atoms with Crippen LogP contribution in [0.25, 0.3) is 0 Å². The fraction of sp³-hybridized carbons (Fsp3) is 0.333. The van der Waals surface area contributed by atoms with E-state index in [0.29, 0.717) is 29.8 Å². The second-order valence-electron chi connectivity index (χ2n) is 5.89. The van der Waals surface area contributed by atoms with Crippen LogP contribution in [0.5, 0.6) is 0 Å². The first kappa shape index (κ1) is 17.1. The van der Waals surface area contributed by atoms with Crippen LogP contribution < -0.4 is 0 Å². The van der Waals surface area contributed by atoms with Crippen molar-refractivity contribution in [3.05, 3.63) is 71.3 Å². The molecule has 2 nitrogen and oxygen atoms in total. The third-order valence-electron chi connectivity index (χ3n) is 4.00. The first-order valence-corrected chi connectivity index (χ1v) is 8.41. The van der Waals surface area contributed by atoms with E-state index in [-0.39, 0.29) is 5.78 Å². The van der Waals surface area contributed by atoms with E-state index < -0.39 is 0 Å². The molecule has 2 aromatic rings. The van der Waals surface area contributed by atoms with Crippen LogP contribution in [0.3, 0.4) is 0 Å². The van der Waals surface area contributed by atoms with E-state index in [0.717, 1.165) is 31.2 Å². The number of unbranched alkanes of at least 4 members (excludes halogenated alkanes) is 2. The molecule has 0 radical (unpaired) electrons. The lowest BCUT2D eigenvalue weighted by Gasteiger charge is -2.04. The normalized spacial score (nSPS) is 10.5. The highest BCUT2D eigenvalue weighted by Gasteiger charge is 2.08. The number of carbonyl (C=O) groups is 2. The summed E-state index contributed by atoms with van der Waals surface area (Å²) < 4.78 is 0. The summed E-state index contributed by atoms with van der Waals surface area (Å²) >= 11 is 0. The number of aryl methyl sites for hydroxylation is 1. The van der Waals surface area contributed by atoms with Crippen molar-refractivity contribution in [3.63, 3.8) is 0 Å². The van der Waals surface area contributed by atoms with Gasteiger partial charge in [0.15, 0.2) is 5.78 Å². The number of Topliss-reactive ketones (excluding diaryl/α,β-unsaturated/α-hetero) is 1. The summed E-state index contributed by atoms with van der Waals surface area (Å²) in [5, 5.41) is 0. The van der Waals surface area contributed by atoms with Gasteiger partial charge in [0.05, 0.1) is 0 Å². The zero-order valence-corrected chi connectivity index (χ0v) is 13.8. The van der Waals surface area contributed by atoms with Crippen molar-refractivity contribution >= 4 is 11.6 Å². The van der Waals surface area contributed by atoms with Crippen molar-refractivity contribution in [1.29, 1.82) is 0 Å². The second-order valence-corrected chi connectivity index (χ2v) is 5.89. The third kappa shape index (κ3) is 5.48. The van der Waals surface area contributed by atoms with E-state index in [2.05, 4.69) is 6.92 Å². The molecule has 0 bridgehead atoms. The quantitative estimate of drug-likeness (QED) is 0.482. The lowest BCUT2D eigenvalue weighted by atomic mass is 9.99. The highest BCUT2D eigenvalue weighted by Crippen LogP contribution is 2.13. The van der Waals surface area contributed by atoms with Crippen LogP contribution in [-0.2, 0) is 11.2 Å². The van der Waals surface area contributed by atoms with Gasteiger partial charge in [-0.15, -0.1) is 0 Å². The summed E-state index contributed by atoms with van der Waals surface area (Å²) in [6.45, 7) is 2.14. The number of benzene rings is 2. The molecule has 0 saturated carbocycles. The summed E-state index contributed by atoms with van der Waals surface area (Å²) in [7, 11) is 0. The van der Waals surface area contributed by atoms with Gasteiger partial charge in [-0.1, -0.05) is 74.4 Å². The predicted octanol–water partition coefficient (Wildman–Crippen LogP) is 5.00. The Hall–Kier alpha value is -2.22. The molecule has 0 heterocycles. The summed E-state index contributed by atoms with van der Waals surface area (Å²) in [5.41, 5.74) is 2.50. The zero-order valence-electron chi connectivity index (χ0n) is 13.8. The molecular weight excluding hydrogens is 284 g/mol. The Labute approximate surface area is 138 Å². The fourth-order valence-electron chi connectivity index (χ4n) is 2.56. The highest BCUT2D eigenvalue weighted by atomic mass is 16.1. The molecule has 0 saturated heterocycles. The summed E-state index contributed by atoms with van der Waals surface area (Å²) in [6.07, 6.45) is 5.31. The number of hydrogen-bond donors (Lipinski definition) is 0. The van der Waals surface area contributed by atoms with E-state index in [1.54, 1.807) is 0 Å². The predicted molar refractivity (Wildman–Crippen MR) is 93.8 cm³/mol. The first-order valence-electron chi connectivity index (χ1n) is 8.41. The molecule has 0 fully saturated rings. The van der Waals surface area contributed by atoms with Gasteiger partial charge in [-0.3, -0.25) is 9.59 Å². The van der Waals surface area contributed by atoms with Crippen molar-refractivity contribution in [2.24, 2.45) is 0 Å². The Kier molecular flexibility index (Phi) is 6.74. The molecule has 0 aliphatic carbocycles.